The van der Waals surface area contributed by atoms with E-state index in [4.69, 9.17) is 0 Å². The van der Waals surface area contributed by atoms with Crippen molar-refractivity contribution in [2.45, 2.75) is 13.3 Å². The summed E-state index contributed by atoms with van der Waals surface area (Å²) < 4.78 is 0. The molecule has 0 unspecified atom stereocenters. The van der Waals surface area contributed by atoms with Gasteiger partial charge in [0, 0.05) is 35.0 Å². The summed E-state index contributed by atoms with van der Waals surface area (Å²) in [5.41, 5.74) is 4.17. The van der Waals surface area contributed by atoms with Crippen molar-refractivity contribution < 1.29 is 4.92 Å². The number of allylic oxidation sites excluding steroid dienone is 1. The molecule has 0 aliphatic carbocycles. The van der Waals surface area contributed by atoms with Crippen molar-refractivity contribution in [3.05, 3.63) is 80.8 Å². The van der Waals surface area contributed by atoms with Crippen molar-refractivity contribution >= 4 is 28.3 Å². The van der Waals surface area contributed by atoms with E-state index < -0.39 is 4.92 Å². The van der Waals surface area contributed by atoms with Crippen LogP contribution in [0.3, 0.4) is 0 Å². The molecule has 3 rings (SSSR count). The average Bonchev–Trinajstić information content (AvgIpc) is 3.19. The van der Waals surface area contributed by atoms with E-state index in [1.807, 2.05) is 17.5 Å². The number of nitriles is 1. The fourth-order valence-corrected chi connectivity index (χ4v) is 3.21. The Morgan fingerprint density at radius 1 is 1.26 bits per heavy atom. The summed E-state index contributed by atoms with van der Waals surface area (Å²) in [6.45, 7) is 2.11. The summed E-state index contributed by atoms with van der Waals surface area (Å²) in [5, 5.41) is 25.6. The fourth-order valence-electron chi connectivity index (χ4n) is 2.42. The lowest BCUT2D eigenvalue weighted by Gasteiger charge is -2.01. The molecule has 0 aliphatic heterocycles. The summed E-state index contributed by atoms with van der Waals surface area (Å²) in [6, 6.07) is 16.3. The molecule has 0 spiro atoms. The molecule has 1 N–H and O–H groups in total. The molecule has 0 saturated heterocycles. The number of nitro benzene ring substituents is 1. The van der Waals surface area contributed by atoms with Gasteiger partial charge in [-0.2, -0.15) is 5.26 Å². The second kappa shape index (κ2) is 8.25. The van der Waals surface area contributed by atoms with Gasteiger partial charge < -0.3 is 5.32 Å². The van der Waals surface area contributed by atoms with Crippen LogP contribution in [0.15, 0.2) is 60.1 Å². The van der Waals surface area contributed by atoms with Gasteiger partial charge >= 0.3 is 0 Å². The number of thiazole rings is 1. The number of nitrogens with one attached hydrogen (secondary N) is 1. The number of hydrogen-bond donors (Lipinski definition) is 1. The smallest absolute Gasteiger partial charge is 0.269 e. The lowest BCUT2D eigenvalue weighted by molar-refractivity contribution is -0.384. The molecule has 2 aromatic carbocycles. The second-order valence-electron chi connectivity index (χ2n) is 5.71. The minimum absolute atomic E-state index is 0.0173. The first-order valence-electron chi connectivity index (χ1n) is 8.27. The van der Waals surface area contributed by atoms with Crippen LogP contribution in [0.5, 0.6) is 0 Å². The molecule has 0 fully saturated rings. The summed E-state index contributed by atoms with van der Waals surface area (Å²) in [5.74, 6) is 0. The lowest BCUT2D eigenvalue weighted by atomic mass is 10.1. The number of nitrogens with zero attached hydrogens (tertiary/aromatic N) is 3. The molecule has 134 valence electrons. The fraction of sp³-hybridized carbons (Fsp3) is 0.100. The lowest BCUT2D eigenvalue weighted by Crippen LogP contribution is -1.92. The van der Waals surface area contributed by atoms with E-state index >= 15 is 0 Å². The molecule has 1 aromatic heterocycles. The van der Waals surface area contributed by atoms with E-state index in [2.05, 4.69) is 35.4 Å². The molecule has 0 atom stereocenters. The SMILES string of the molecule is CCc1ccc(-c2csc(/C(C#N)=C/Nc3ccc([N+](=O)[O-])cc3)n2)cc1. The molecule has 3 aromatic rings. The van der Waals surface area contributed by atoms with Crippen molar-refractivity contribution in [1.82, 2.24) is 4.98 Å². The predicted octanol–water partition coefficient (Wildman–Crippen LogP) is 5.26. The molecular weight excluding hydrogens is 360 g/mol. The van der Waals surface area contributed by atoms with Gasteiger partial charge in [0.2, 0.25) is 0 Å². The van der Waals surface area contributed by atoms with Crippen LogP contribution in [-0.2, 0) is 6.42 Å². The van der Waals surface area contributed by atoms with Gasteiger partial charge in [-0.15, -0.1) is 11.3 Å². The Kier molecular flexibility index (Phi) is 5.59. The molecule has 0 saturated carbocycles. The van der Waals surface area contributed by atoms with Crippen molar-refractivity contribution in [2.24, 2.45) is 0 Å². The maximum atomic E-state index is 10.7. The highest BCUT2D eigenvalue weighted by atomic mass is 32.1. The Morgan fingerprint density at radius 3 is 2.56 bits per heavy atom. The van der Waals surface area contributed by atoms with Crippen LogP contribution >= 0.6 is 11.3 Å². The highest BCUT2D eigenvalue weighted by Crippen LogP contribution is 2.26. The summed E-state index contributed by atoms with van der Waals surface area (Å²) in [7, 11) is 0. The number of aryl methyl sites for hydroxylation is 1. The minimum atomic E-state index is -0.454. The molecule has 0 bridgehead atoms. The number of anilines is 1. The number of hydrogen-bond acceptors (Lipinski definition) is 6. The third-order valence-corrected chi connectivity index (χ3v) is 4.85. The van der Waals surface area contributed by atoms with E-state index in [0.717, 1.165) is 17.7 Å². The van der Waals surface area contributed by atoms with Gasteiger partial charge in [-0.25, -0.2) is 4.98 Å². The van der Waals surface area contributed by atoms with Gasteiger partial charge in [0.15, 0.2) is 0 Å². The van der Waals surface area contributed by atoms with Crippen LogP contribution in [0.25, 0.3) is 16.8 Å². The summed E-state index contributed by atoms with van der Waals surface area (Å²) >= 11 is 1.40. The monoisotopic (exact) mass is 376 g/mol. The Morgan fingerprint density at radius 2 is 1.96 bits per heavy atom. The Bertz CT molecular complexity index is 1020. The van der Waals surface area contributed by atoms with E-state index in [1.54, 1.807) is 18.3 Å². The number of aromatic nitrogens is 1. The number of benzene rings is 2. The maximum absolute atomic E-state index is 10.7. The van der Waals surface area contributed by atoms with Gasteiger partial charge in [0.25, 0.3) is 5.69 Å². The minimum Gasteiger partial charge on any atom is -0.360 e. The number of non-ortho nitro benzene ring substituents is 1. The van der Waals surface area contributed by atoms with Gasteiger partial charge in [-0.05, 0) is 24.1 Å². The van der Waals surface area contributed by atoms with Gasteiger partial charge in [0.1, 0.15) is 16.6 Å². The molecule has 6 nitrogen and oxygen atoms in total. The molecular formula is C20H16N4O2S. The Labute approximate surface area is 160 Å². The summed E-state index contributed by atoms with van der Waals surface area (Å²) in [6.07, 6.45) is 2.54. The van der Waals surface area contributed by atoms with Crippen LogP contribution in [-0.4, -0.2) is 9.91 Å². The molecule has 0 radical (unpaired) electrons. The second-order valence-corrected chi connectivity index (χ2v) is 6.56. The van der Waals surface area contributed by atoms with Crippen molar-refractivity contribution in [3.8, 4) is 17.3 Å². The highest BCUT2D eigenvalue weighted by molar-refractivity contribution is 7.11. The van der Waals surface area contributed by atoms with E-state index in [0.29, 0.717) is 16.3 Å². The van der Waals surface area contributed by atoms with E-state index in [1.165, 1.54) is 29.0 Å². The maximum Gasteiger partial charge on any atom is 0.269 e. The standard InChI is InChI=1S/C20H16N4O2S/c1-2-14-3-5-15(6-4-14)19-13-27-20(23-19)16(11-21)12-22-17-7-9-18(10-8-17)24(25)26/h3-10,12-13,22H,2H2,1H3/b16-12+. The van der Waals surface area contributed by atoms with Crippen molar-refractivity contribution in [1.29, 1.82) is 5.26 Å². The quantitative estimate of drug-likeness (QED) is 0.360. The first-order chi connectivity index (χ1) is 13.1. The molecule has 7 heteroatoms. The first kappa shape index (κ1) is 18.3. The third-order valence-electron chi connectivity index (χ3n) is 3.97. The Balaban J connectivity index is 1.77. The number of rotatable bonds is 6. The van der Waals surface area contributed by atoms with Crippen LogP contribution in [0.4, 0.5) is 11.4 Å². The van der Waals surface area contributed by atoms with Gasteiger partial charge in [-0.3, -0.25) is 10.1 Å². The zero-order chi connectivity index (χ0) is 19.2. The normalized spacial score (nSPS) is 11.0. The van der Waals surface area contributed by atoms with Crippen LogP contribution < -0.4 is 5.32 Å². The van der Waals surface area contributed by atoms with Gasteiger partial charge in [-0.1, -0.05) is 31.2 Å². The van der Waals surface area contributed by atoms with Crippen LogP contribution in [0, 0.1) is 21.4 Å². The predicted molar refractivity (Wildman–Crippen MR) is 107 cm³/mol. The molecule has 1 heterocycles. The van der Waals surface area contributed by atoms with Crippen molar-refractivity contribution in [3.63, 3.8) is 0 Å². The Hall–Kier alpha value is -3.50. The van der Waals surface area contributed by atoms with Crippen LogP contribution in [0.1, 0.15) is 17.5 Å². The topological polar surface area (TPSA) is 91.8 Å². The average molecular weight is 376 g/mol. The third kappa shape index (κ3) is 4.37. The van der Waals surface area contributed by atoms with E-state index in [9.17, 15) is 15.4 Å². The summed E-state index contributed by atoms with van der Waals surface area (Å²) in [4.78, 5) is 14.8. The van der Waals surface area contributed by atoms with Crippen molar-refractivity contribution in [2.75, 3.05) is 5.32 Å². The molecule has 0 amide bonds. The largest absolute Gasteiger partial charge is 0.360 e. The molecule has 0 aliphatic rings. The first-order valence-corrected chi connectivity index (χ1v) is 9.15. The number of nitro groups is 1. The zero-order valence-electron chi connectivity index (χ0n) is 14.5. The van der Waals surface area contributed by atoms with E-state index in [-0.39, 0.29) is 5.69 Å². The highest BCUT2D eigenvalue weighted by Gasteiger charge is 2.09. The van der Waals surface area contributed by atoms with Gasteiger partial charge in [0.05, 0.1) is 10.6 Å². The molecule has 27 heavy (non-hydrogen) atoms. The van der Waals surface area contributed by atoms with Crippen LogP contribution in [0.2, 0.25) is 0 Å². The zero-order valence-corrected chi connectivity index (χ0v) is 15.4.